The van der Waals surface area contributed by atoms with Crippen molar-refractivity contribution in [1.82, 2.24) is 0 Å². The van der Waals surface area contributed by atoms with E-state index < -0.39 is 5.41 Å². The highest BCUT2D eigenvalue weighted by molar-refractivity contribution is 9.09. The van der Waals surface area contributed by atoms with Crippen molar-refractivity contribution in [3.05, 3.63) is 71.8 Å². The number of alkyl halides is 1. The van der Waals surface area contributed by atoms with Gasteiger partial charge in [-0.15, -0.1) is 0 Å². The third kappa shape index (κ3) is 3.75. The van der Waals surface area contributed by atoms with Crippen LogP contribution in [0.3, 0.4) is 0 Å². The lowest BCUT2D eigenvalue weighted by Gasteiger charge is -2.34. The van der Waals surface area contributed by atoms with E-state index in [1.165, 1.54) is 0 Å². The minimum atomic E-state index is -1.07. The SMILES string of the molecule is O=C1CCCC1(C(=O)OCc1ccccc1)C(CCBr)c1ccccc1. The van der Waals surface area contributed by atoms with Crippen LogP contribution in [-0.2, 0) is 20.9 Å². The summed E-state index contributed by atoms with van der Waals surface area (Å²) in [7, 11) is 0. The number of Topliss-reactive ketones (excluding diaryl/α,β-unsaturated/α-hetero) is 1. The molecule has 0 aromatic heterocycles. The number of halogens is 1. The van der Waals surface area contributed by atoms with Crippen molar-refractivity contribution in [3.8, 4) is 0 Å². The molecule has 136 valence electrons. The zero-order valence-corrected chi connectivity index (χ0v) is 16.3. The highest BCUT2D eigenvalue weighted by atomic mass is 79.9. The quantitative estimate of drug-likeness (QED) is 0.362. The molecule has 3 rings (SSSR count). The zero-order valence-electron chi connectivity index (χ0n) is 14.7. The summed E-state index contributed by atoms with van der Waals surface area (Å²) in [5, 5.41) is 0.730. The van der Waals surface area contributed by atoms with Crippen molar-refractivity contribution in [2.24, 2.45) is 5.41 Å². The average Bonchev–Trinajstić information content (AvgIpc) is 3.08. The van der Waals surface area contributed by atoms with Gasteiger partial charge in [-0.25, -0.2) is 0 Å². The molecule has 26 heavy (non-hydrogen) atoms. The Morgan fingerprint density at radius 3 is 2.31 bits per heavy atom. The number of esters is 1. The van der Waals surface area contributed by atoms with E-state index in [-0.39, 0.29) is 24.3 Å². The Kier molecular flexibility index (Phi) is 6.25. The molecule has 2 unspecified atom stereocenters. The molecule has 0 bridgehead atoms. The molecular weight excluding hydrogens is 392 g/mol. The Hall–Kier alpha value is -1.94. The summed E-state index contributed by atoms with van der Waals surface area (Å²) < 4.78 is 5.66. The van der Waals surface area contributed by atoms with E-state index >= 15 is 0 Å². The predicted octanol–water partition coefficient (Wildman–Crippen LogP) is 5.04. The first-order valence-electron chi connectivity index (χ1n) is 9.04. The largest absolute Gasteiger partial charge is 0.460 e. The van der Waals surface area contributed by atoms with Crippen LogP contribution in [0.15, 0.2) is 60.7 Å². The Bertz CT molecular complexity index is 744. The van der Waals surface area contributed by atoms with E-state index in [2.05, 4.69) is 15.9 Å². The first kappa shape index (κ1) is 18.8. The van der Waals surface area contributed by atoms with Gasteiger partial charge in [-0.2, -0.15) is 0 Å². The van der Waals surface area contributed by atoms with Crippen molar-refractivity contribution < 1.29 is 14.3 Å². The van der Waals surface area contributed by atoms with Crippen LogP contribution in [0.4, 0.5) is 0 Å². The molecule has 0 saturated heterocycles. The smallest absolute Gasteiger partial charge is 0.320 e. The summed E-state index contributed by atoms with van der Waals surface area (Å²) in [4.78, 5) is 26.1. The Morgan fingerprint density at radius 2 is 1.73 bits per heavy atom. The monoisotopic (exact) mass is 414 g/mol. The van der Waals surface area contributed by atoms with E-state index in [1.807, 2.05) is 60.7 Å². The predicted molar refractivity (Wildman–Crippen MR) is 105 cm³/mol. The lowest BCUT2D eigenvalue weighted by Crippen LogP contribution is -2.42. The Balaban J connectivity index is 1.90. The first-order chi connectivity index (χ1) is 12.7. The van der Waals surface area contributed by atoms with Crippen LogP contribution in [0.2, 0.25) is 0 Å². The van der Waals surface area contributed by atoms with Crippen LogP contribution in [0.25, 0.3) is 0 Å². The molecule has 1 aliphatic rings. The first-order valence-corrected chi connectivity index (χ1v) is 10.2. The molecule has 1 saturated carbocycles. The van der Waals surface area contributed by atoms with Gasteiger partial charge >= 0.3 is 5.97 Å². The van der Waals surface area contributed by atoms with Crippen molar-refractivity contribution in [2.45, 2.75) is 38.2 Å². The molecule has 0 aliphatic heterocycles. The van der Waals surface area contributed by atoms with Gasteiger partial charge in [0, 0.05) is 17.7 Å². The molecular formula is C22H23BrO3. The van der Waals surface area contributed by atoms with Gasteiger partial charge in [0.05, 0.1) is 0 Å². The fourth-order valence-corrected chi connectivity index (χ4v) is 4.42. The second-order valence-electron chi connectivity index (χ2n) is 6.75. The molecule has 2 aromatic rings. The minimum Gasteiger partial charge on any atom is -0.460 e. The maximum absolute atomic E-state index is 13.2. The van der Waals surface area contributed by atoms with Gasteiger partial charge in [-0.1, -0.05) is 76.6 Å². The number of hydrogen-bond donors (Lipinski definition) is 0. The molecule has 0 amide bonds. The molecule has 1 aliphatic carbocycles. The number of carbonyl (C=O) groups excluding carboxylic acids is 2. The van der Waals surface area contributed by atoms with Crippen molar-refractivity contribution >= 4 is 27.7 Å². The normalized spacial score (nSPS) is 20.7. The summed E-state index contributed by atoms with van der Waals surface area (Å²) in [5.74, 6) is -0.523. The summed E-state index contributed by atoms with van der Waals surface area (Å²) in [5.41, 5.74) is 0.890. The van der Waals surface area contributed by atoms with E-state index in [0.29, 0.717) is 12.8 Å². The average molecular weight is 415 g/mol. The number of carbonyl (C=O) groups is 2. The maximum atomic E-state index is 13.2. The van der Waals surface area contributed by atoms with Crippen molar-refractivity contribution in [2.75, 3.05) is 5.33 Å². The molecule has 0 spiro atoms. The van der Waals surface area contributed by atoms with Gasteiger partial charge in [0.25, 0.3) is 0 Å². The van der Waals surface area contributed by atoms with Crippen LogP contribution < -0.4 is 0 Å². The van der Waals surface area contributed by atoms with Crippen LogP contribution in [0.1, 0.15) is 42.7 Å². The maximum Gasteiger partial charge on any atom is 0.320 e. The summed E-state index contributed by atoms with van der Waals surface area (Å²) >= 11 is 3.50. The molecule has 2 atom stereocenters. The second-order valence-corrected chi connectivity index (χ2v) is 7.54. The van der Waals surface area contributed by atoms with Gasteiger partial charge in [0.15, 0.2) is 5.78 Å². The molecule has 0 N–H and O–H groups in total. The molecule has 1 fully saturated rings. The molecule has 4 heteroatoms. The highest BCUT2D eigenvalue weighted by Crippen LogP contribution is 2.49. The number of benzene rings is 2. The molecule has 0 heterocycles. The Labute approximate surface area is 162 Å². The standard InChI is InChI=1S/C22H23BrO3/c23-15-13-19(18-10-5-2-6-11-18)22(14-7-12-20(22)24)21(25)26-16-17-8-3-1-4-9-17/h1-6,8-11,19H,7,12-16H2. The molecule has 0 radical (unpaired) electrons. The van der Waals surface area contributed by atoms with E-state index in [1.54, 1.807) is 0 Å². The second kappa shape index (κ2) is 8.63. The third-order valence-electron chi connectivity index (χ3n) is 5.24. The van der Waals surface area contributed by atoms with Crippen LogP contribution in [-0.4, -0.2) is 17.1 Å². The molecule has 3 nitrogen and oxygen atoms in total. The van der Waals surface area contributed by atoms with Crippen LogP contribution >= 0.6 is 15.9 Å². The van der Waals surface area contributed by atoms with E-state index in [9.17, 15) is 9.59 Å². The van der Waals surface area contributed by atoms with E-state index in [0.717, 1.165) is 29.3 Å². The number of hydrogen-bond acceptors (Lipinski definition) is 3. The minimum absolute atomic E-state index is 0.0189. The Morgan fingerprint density at radius 1 is 1.08 bits per heavy atom. The lowest BCUT2D eigenvalue weighted by atomic mass is 9.68. The highest BCUT2D eigenvalue weighted by Gasteiger charge is 2.55. The number of ether oxygens (including phenoxy) is 1. The van der Waals surface area contributed by atoms with Crippen molar-refractivity contribution in [1.29, 1.82) is 0 Å². The van der Waals surface area contributed by atoms with Crippen LogP contribution in [0.5, 0.6) is 0 Å². The summed E-state index contributed by atoms with van der Waals surface area (Å²) in [6, 6.07) is 19.5. The fourth-order valence-electron chi connectivity index (χ4n) is 3.96. The lowest BCUT2D eigenvalue weighted by molar-refractivity contribution is -0.162. The summed E-state index contributed by atoms with van der Waals surface area (Å²) in [6.07, 6.45) is 2.47. The fraction of sp³-hybridized carbons (Fsp3) is 0.364. The van der Waals surface area contributed by atoms with Gasteiger partial charge in [-0.05, 0) is 30.4 Å². The van der Waals surface area contributed by atoms with Gasteiger partial charge in [0.1, 0.15) is 12.0 Å². The number of rotatable bonds is 7. The van der Waals surface area contributed by atoms with Gasteiger partial charge in [-0.3, -0.25) is 9.59 Å². The van der Waals surface area contributed by atoms with Crippen molar-refractivity contribution in [3.63, 3.8) is 0 Å². The van der Waals surface area contributed by atoms with Crippen LogP contribution in [0, 0.1) is 5.41 Å². The van der Waals surface area contributed by atoms with Gasteiger partial charge < -0.3 is 4.74 Å². The topological polar surface area (TPSA) is 43.4 Å². The number of ketones is 1. The van der Waals surface area contributed by atoms with E-state index in [4.69, 9.17) is 4.74 Å². The third-order valence-corrected chi connectivity index (χ3v) is 5.70. The summed E-state index contributed by atoms with van der Waals surface area (Å²) in [6.45, 7) is 0.199. The zero-order chi connectivity index (χ0) is 18.4. The van der Waals surface area contributed by atoms with Gasteiger partial charge in [0.2, 0.25) is 0 Å². The molecule has 2 aromatic carbocycles.